The molecule has 0 aliphatic heterocycles. The van der Waals surface area contributed by atoms with Crippen molar-refractivity contribution in [2.75, 3.05) is 18.9 Å². The van der Waals surface area contributed by atoms with Crippen molar-refractivity contribution in [3.8, 4) is 0 Å². The normalized spacial score (nSPS) is 11.2. The van der Waals surface area contributed by atoms with E-state index in [0.717, 1.165) is 5.69 Å². The molecule has 1 rings (SSSR count). The molecule has 0 saturated carbocycles. The molecule has 1 amide bonds. The average Bonchev–Trinajstić information content (AvgIpc) is 2.26. The van der Waals surface area contributed by atoms with Crippen LogP contribution in [0.3, 0.4) is 0 Å². The Hall–Kier alpha value is -1.72. The number of carbonyl (C=O) groups excluding carboxylic acids is 1. The van der Waals surface area contributed by atoms with Gasteiger partial charge in [0, 0.05) is 24.8 Å². The van der Waals surface area contributed by atoms with E-state index in [9.17, 15) is 18.0 Å². The van der Waals surface area contributed by atoms with E-state index >= 15 is 0 Å². The average molecular weight is 260 g/mol. The molecule has 0 aliphatic carbocycles. The first-order chi connectivity index (χ1) is 8.33. The Balaban J connectivity index is 2.62. The van der Waals surface area contributed by atoms with Crippen LogP contribution in [0.2, 0.25) is 0 Å². The van der Waals surface area contributed by atoms with Crippen molar-refractivity contribution in [3.63, 3.8) is 0 Å². The van der Waals surface area contributed by atoms with Crippen molar-refractivity contribution >= 4 is 11.6 Å². The molecule has 1 aromatic rings. The number of amides is 1. The van der Waals surface area contributed by atoms with Crippen LogP contribution in [0.5, 0.6) is 0 Å². The highest BCUT2D eigenvalue weighted by Crippen LogP contribution is 2.18. The van der Waals surface area contributed by atoms with Crippen LogP contribution in [0.4, 0.5) is 18.9 Å². The van der Waals surface area contributed by atoms with E-state index in [1.165, 1.54) is 0 Å². The summed E-state index contributed by atoms with van der Waals surface area (Å²) in [6.45, 7) is 1.33. The Kier molecular flexibility index (Phi) is 4.58. The maximum absolute atomic E-state index is 11.9. The van der Waals surface area contributed by atoms with Crippen LogP contribution >= 0.6 is 0 Å². The molecule has 100 valence electrons. The number of hydrogen-bond donors (Lipinski definition) is 2. The van der Waals surface area contributed by atoms with E-state index in [-0.39, 0.29) is 0 Å². The van der Waals surface area contributed by atoms with Gasteiger partial charge in [0.25, 0.3) is 5.91 Å². The Labute approximate surface area is 103 Å². The number of rotatable bonds is 4. The zero-order valence-corrected chi connectivity index (χ0v) is 10.2. The molecule has 0 unspecified atom stereocenters. The Morgan fingerprint density at radius 1 is 1.33 bits per heavy atom. The number of benzene rings is 1. The lowest BCUT2D eigenvalue weighted by molar-refractivity contribution is -0.132. The van der Waals surface area contributed by atoms with E-state index in [4.69, 9.17) is 0 Å². The molecule has 0 heterocycles. The molecular formula is C12H15F3N2O. The van der Waals surface area contributed by atoms with Gasteiger partial charge >= 0.3 is 6.18 Å². The minimum atomic E-state index is -4.25. The highest BCUT2D eigenvalue weighted by atomic mass is 19.4. The first-order valence-electron chi connectivity index (χ1n) is 5.47. The van der Waals surface area contributed by atoms with Gasteiger partial charge in [0.2, 0.25) is 0 Å². The van der Waals surface area contributed by atoms with Gasteiger partial charge in [-0.25, -0.2) is 0 Å². The number of anilines is 1. The van der Waals surface area contributed by atoms with Gasteiger partial charge in [0.1, 0.15) is 0 Å². The Morgan fingerprint density at radius 2 is 2.00 bits per heavy atom. The molecule has 0 bridgehead atoms. The third-order valence-corrected chi connectivity index (χ3v) is 2.45. The van der Waals surface area contributed by atoms with Gasteiger partial charge in [-0.2, -0.15) is 13.2 Å². The molecule has 0 saturated heterocycles. The van der Waals surface area contributed by atoms with E-state index in [1.54, 1.807) is 32.2 Å². The lowest BCUT2D eigenvalue weighted by Crippen LogP contribution is -2.28. The predicted molar refractivity (Wildman–Crippen MR) is 63.7 cm³/mol. The van der Waals surface area contributed by atoms with Crippen molar-refractivity contribution in [3.05, 3.63) is 29.3 Å². The lowest BCUT2D eigenvalue weighted by atomic mass is 10.1. The van der Waals surface area contributed by atoms with Crippen LogP contribution in [0, 0.1) is 6.92 Å². The zero-order chi connectivity index (χ0) is 13.8. The summed E-state index contributed by atoms with van der Waals surface area (Å²) < 4.78 is 35.8. The fourth-order valence-corrected chi connectivity index (χ4v) is 1.49. The number of aryl methyl sites for hydroxylation is 1. The van der Waals surface area contributed by atoms with Crippen molar-refractivity contribution in [1.29, 1.82) is 0 Å². The van der Waals surface area contributed by atoms with Crippen LogP contribution in [0.25, 0.3) is 0 Å². The second-order valence-corrected chi connectivity index (χ2v) is 3.90. The van der Waals surface area contributed by atoms with Crippen molar-refractivity contribution in [2.45, 2.75) is 19.5 Å². The standard InChI is InChI=1S/C12H15F3N2O/c1-8-7-9(16-2)3-4-10(8)11(18)17-6-5-12(13,14)15/h3-4,7,16H,5-6H2,1-2H3,(H,17,18). The SMILES string of the molecule is CNc1ccc(C(=O)NCCC(F)(F)F)c(C)c1. The summed E-state index contributed by atoms with van der Waals surface area (Å²) in [5.74, 6) is -0.487. The summed E-state index contributed by atoms with van der Waals surface area (Å²) >= 11 is 0. The number of carbonyl (C=O) groups is 1. The maximum atomic E-state index is 11.9. The zero-order valence-electron chi connectivity index (χ0n) is 10.2. The van der Waals surface area contributed by atoms with E-state index in [1.807, 2.05) is 0 Å². The predicted octanol–water partition coefficient (Wildman–Crippen LogP) is 2.72. The van der Waals surface area contributed by atoms with Crippen LogP contribution < -0.4 is 10.6 Å². The summed E-state index contributed by atoms with van der Waals surface area (Å²) in [7, 11) is 1.75. The Morgan fingerprint density at radius 3 is 2.50 bits per heavy atom. The summed E-state index contributed by atoms with van der Waals surface area (Å²) in [5, 5.41) is 5.17. The fourth-order valence-electron chi connectivity index (χ4n) is 1.49. The fraction of sp³-hybridized carbons (Fsp3) is 0.417. The molecule has 0 aromatic heterocycles. The minimum absolute atomic E-state index is 0.385. The van der Waals surface area contributed by atoms with E-state index < -0.39 is 25.0 Å². The topological polar surface area (TPSA) is 41.1 Å². The highest BCUT2D eigenvalue weighted by Gasteiger charge is 2.26. The van der Waals surface area contributed by atoms with Gasteiger partial charge in [0.05, 0.1) is 6.42 Å². The molecule has 0 radical (unpaired) electrons. The molecule has 0 fully saturated rings. The van der Waals surface area contributed by atoms with Gasteiger partial charge in [-0.3, -0.25) is 4.79 Å². The molecule has 18 heavy (non-hydrogen) atoms. The maximum Gasteiger partial charge on any atom is 0.390 e. The third-order valence-electron chi connectivity index (χ3n) is 2.45. The number of nitrogens with one attached hydrogen (secondary N) is 2. The molecular weight excluding hydrogens is 245 g/mol. The summed E-state index contributed by atoms with van der Waals surface area (Å²) in [6.07, 6.45) is -5.27. The molecule has 6 heteroatoms. The van der Waals surface area contributed by atoms with Crippen LogP contribution in [0.15, 0.2) is 18.2 Å². The van der Waals surface area contributed by atoms with Gasteiger partial charge in [-0.1, -0.05) is 0 Å². The quantitative estimate of drug-likeness (QED) is 0.874. The van der Waals surface area contributed by atoms with Gasteiger partial charge in [-0.05, 0) is 30.7 Å². The van der Waals surface area contributed by atoms with Gasteiger partial charge < -0.3 is 10.6 Å². The lowest BCUT2D eigenvalue weighted by Gasteiger charge is -2.10. The number of alkyl halides is 3. The van der Waals surface area contributed by atoms with E-state index in [2.05, 4.69) is 10.6 Å². The number of halogens is 3. The molecule has 1 aromatic carbocycles. The minimum Gasteiger partial charge on any atom is -0.388 e. The third kappa shape index (κ3) is 4.27. The van der Waals surface area contributed by atoms with Gasteiger partial charge in [0.15, 0.2) is 0 Å². The second kappa shape index (κ2) is 5.75. The molecule has 2 N–H and O–H groups in total. The van der Waals surface area contributed by atoms with Crippen LogP contribution in [-0.4, -0.2) is 25.7 Å². The number of hydrogen-bond acceptors (Lipinski definition) is 2. The van der Waals surface area contributed by atoms with Crippen LogP contribution in [-0.2, 0) is 0 Å². The van der Waals surface area contributed by atoms with Crippen molar-refractivity contribution in [1.82, 2.24) is 5.32 Å². The summed E-state index contributed by atoms with van der Waals surface area (Å²) in [5.41, 5.74) is 1.95. The van der Waals surface area contributed by atoms with E-state index in [0.29, 0.717) is 11.1 Å². The first-order valence-corrected chi connectivity index (χ1v) is 5.47. The van der Waals surface area contributed by atoms with Crippen LogP contribution in [0.1, 0.15) is 22.3 Å². The molecule has 0 atom stereocenters. The smallest absolute Gasteiger partial charge is 0.388 e. The second-order valence-electron chi connectivity index (χ2n) is 3.90. The molecule has 3 nitrogen and oxygen atoms in total. The van der Waals surface area contributed by atoms with Gasteiger partial charge in [-0.15, -0.1) is 0 Å². The first kappa shape index (κ1) is 14.3. The monoisotopic (exact) mass is 260 g/mol. The molecule has 0 spiro atoms. The summed E-state index contributed by atoms with van der Waals surface area (Å²) in [4.78, 5) is 11.7. The highest BCUT2D eigenvalue weighted by molar-refractivity contribution is 5.96. The van der Waals surface area contributed by atoms with Crippen molar-refractivity contribution in [2.24, 2.45) is 0 Å². The molecule has 0 aliphatic rings. The van der Waals surface area contributed by atoms with Crippen molar-refractivity contribution < 1.29 is 18.0 Å². The Bertz CT molecular complexity index is 430. The largest absolute Gasteiger partial charge is 0.390 e. The summed E-state index contributed by atoms with van der Waals surface area (Å²) in [6, 6.07) is 5.05.